The van der Waals surface area contributed by atoms with E-state index in [9.17, 15) is 9.59 Å². The number of anilines is 1. The number of ether oxygens (including phenoxy) is 1. The number of methoxy groups -OCH3 is 1. The molecule has 7 heteroatoms. The minimum atomic E-state index is -0.290. The highest BCUT2D eigenvalue weighted by Crippen LogP contribution is 2.20. The van der Waals surface area contributed by atoms with Gasteiger partial charge in [0.1, 0.15) is 5.75 Å². The summed E-state index contributed by atoms with van der Waals surface area (Å²) in [5.74, 6) is 0.525. The zero-order valence-corrected chi connectivity index (χ0v) is 15.4. The van der Waals surface area contributed by atoms with Crippen molar-refractivity contribution in [2.45, 2.75) is 12.8 Å². The van der Waals surface area contributed by atoms with E-state index in [4.69, 9.17) is 10.5 Å². The maximum absolute atomic E-state index is 12.6. The van der Waals surface area contributed by atoms with E-state index in [-0.39, 0.29) is 17.7 Å². The van der Waals surface area contributed by atoms with Gasteiger partial charge in [-0.25, -0.2) is 0 Å². The van der Waals surface area contributed by atoms with Crippen LogP contribution in [0, 0.1) is 5.92 Å². The number of hydrogen-bond acceptors (Lipinski definition) is 4. The van der Waals surface area contributed by atoms with Crippen molar-refractivity contribution in [2.24, 2.45) is 11.7 Å². The van der Waals surface area contributed by atoms with Gasteiger partial charge in [0.05, 0.1) is 39.2 Å². The first-order valence-electron chi connectivity index (χ1n) is 9.36. The van der Waals surface area contributed by atoms with Crippen LogP contribution in [0.15, 0.2) is 24.3 Å². The summed E-state index contributed by atoms with van der Waals surface area (Å²) in [6, 6.07) is 8.09. The van der Waals surface area contributed by atoms with Crippen molar-refractivity contribution in [3.63, 3.8) is 0 Å². The van der Waals surface area contributed by atoms with Gasteiger partial charge in [-0.2, -0.15) is 0 Å². The Morgan fingerprint density at radius 1 is 1.27 bits per heavy atom. The molecule has 1 atom stereocenters. The van der Waals surface area contributed by atoms with E-state index < -0.39 is 0 Å². The first-order chi connectivity index (χ1) is 12.6. The molecule has 2 amide bonds. The number of nitrogens with one attached hydrogen (secondary N) is 1. The molecule has 0 radical (unpaired) electrons. The minimum Gasteiger partial charge on any atom is -0.497 e. The zero-order chi connectivity index (χ0) is 18.5. The van der Waals surface area contributed by atoms with Crippen molar-refractivity contribution >= 4 is 17.5 Å². The maximum Gasteiger partial charge on any atom is 0.277 e. The fraction of sp³-hybridized carbons (Fsp3) is 0.579. The summed E-state index contributed by atoms with van der Waals surface area (Å²) >= 11 is 0. The van der Waals surface area contributed by atoms with Gasteiger partial charge in [-0.15, -0.1) is 0 Å². The van der Waals surface area contributed by atoms with E-state index in [1.54, 1.807) is 7.11 Å². The van der Waals surface area contributed by atoms with Gasteiger partial charge in [0, 0.05) is 24.8 Å². The molecule has 2 saturated heterocycles. The number of carbonyl (C=O) groups excluding carboxylic acids is 2. The number of benzene rings is 1. The fourth-order valence-electron chi connectivity index (χ4n) is 3.83. The van der Waals surface area contributed by atoms with E-state index in [1.807, 2.05) is 23.1 Å². The first kappa shape index (κ1) is 18.5. The molecule has 0 spiro atoms. The van der Waals surface area contributed by atoms with E-state index in [0.29, 0.717) is 13.1 Å². The second kappa shape index (κ2) is 8.40. The van der Waals surface area contributed by atoms with Crippen LogP contribution in [0.4, 0.5) is 5.69 Å². The normalized spacial score (nSPS) is 21.5. The van der Waals surface area contributed by atoms with Crippen molar-refractivity contribution in [2.75, 3.05) is 57.8 Å². The Bertz CT molecular complexity index is 643. The molecule has 2 fully saturated rings. The van der Waals surface area contributed by atoms with Gasteiger partial charge in [0.15, 0.2) is 6.54 Å². The second-order valence-electron chi connectivity index (χ2n) is 7.20. The largest absolute Gasteiger partial charge is 0.497 e. The maximum atomic E-state index is 12.6. The lowest BCUT2D eigenvalue weighted by Gasteiger charge is -2.35. The molecule has 0 aliphatic carbocycles. The van der Waals surface area contributed by atoms with Gasteiger partial charge in [-0.05, 0) is 25.0 Å². The van der Waals surface area contributed by atoms with Crippen LogP contribution in [0.1, 0.15) is 12.8 Å². The van der Waals surface area contributed by atoms with E-state index in [0.717, 1.165) is 57.0 Å². The smallest absolute Gasteiger partial charge is 0.277 e. The van der Waals surface area contributed by atoms with Crippen molar-refractivity contribution in [1.82, 2.24) is 4.90 Å². The third-order valence-corrected chi connectivity index (χ3v) is 5.47. The first-order valence-corrected chi connectivity index (χ1v) is 9.36. The Hall–Kier alpha value is -2.28. The van der Waals surface area contributed by atoms with Gasteiger partial charge in [0.25, 0.3) is 5.91 Å². The molecule has 3 N–H and O–H groups in total. The van der Waals surface area contributed by atoms with Crippen molar-refractivity contribution in [3.05, 3.63) is 24.3 Å². The van der Waals surface area contributed by atoms with Crippen LogP contribution in [0.25, 0.3) is 0 Å². The van der Waals surface area contributed by atoms with Gasteiger partial charge in [-0.1, -0.05) is 6.07 Å². The molecule has 0 aromatic heterocycles. The molecule has 2 aliphatic heterocycles. The van der Waals surface area contributed by atoms with Crippen LogP contribution in [-0.2, 0) is 9.59 Å². The number of nitrogens with two attached hydrogens (primary N) is 1. The number of likely N-dealkylation sites (tertiary alicyclic amines) is 1. The molecule has 7 nitrogen and oxygen atoms in total. The lowest BCUT2D eigenvalue weighted by atomic mass is 9.97. The third kappa shape index (κ3) is 4.46. The topological polar surface area (TPSA) is 80.3 Å². The average Bonchev–Trinajstić information content (AvgIpc) is 2.68. The number of piperazine rings is 1. The number of piperidine rings is 1. The number of hydrogen-bond donors (Lipinski definition) is 2. The number of rotatable bonds is 5. The molecule has 142 valence electrons. The standard InChI is InChI=1S/C19H28N4O3/c1-26-17-6-2-5-16(12-17)22-10-8-21(9-11-22)14-18(24)23-7-3-4-15(13-23)19(20)25/h2,5-6,12,15H,3-4,7-11,13-14H2,1H3,(H2,20,25)/p+1/t15-/m0/s1. The molecule has 26 heavy (non-hydrogen) atoms. The Labute approximate surface area is 154 Å². The fourth-order valence-corrected chi connectivity index (χ4v) is 3.83. The summed E-state index contributed by atoms with van der Waals surface area (Å²) in [6.07, 6.45) is 1.66. The lowest BCUT2D eigenvalue weighted by Crippen LogP contribution is -3.16. The lowest BCUT2D eigenvalue weighted by molar-refractivity contribution is -0.892. The molecule has 0 bridgehead atoms. The molecular weight excluding hydrogens is 332 g/mol. The summed E-state index contributed by atoms with van der Waals surface area (Å²) < 4.78 is 5.30. The number of quaternary nitrogens is 1. The molecule has 3 rings (SSSR count). The summed E-state index contributed by atoms with van der Waals surface area (Å²) in [5.41, 5.74) is 6.57. The van der Waals surface area contributed by atoms with Gasteiger partial charge in [0.2, 0.25) is 5.91 Å². The Morgan fingerprint density at radius 2 is 2.04 bits per heavy atom. The molecule has 2 aliphatic rings. The monoisotopic (exact) mass is 361 g/mol. The Kier molecular flexibility index (Phi) is 5.98. The van der Waals surface area contributed by atoms with E-state index >= 15 is 0 Å². The predicted molar refractivity (Wildman–Crippen MR) is 99.3 cm³/mol. The molecule has 1 aromatic rings. The molecule has 0 saturated carbocycles. The summed E-state index contributed by atoms with van der Waals surface area (Å²) in [5, 5.41) is 0. The number of carbonyl (C=O) groups is 2. The minimum absolute atomic E-state index is 0.140. The average molecular weight is 361 g/mol. The predicted octanol–water partition coefficient (Wildman–Crippen LogP) is -0.876. The van der Waals surface area contributed by atoms with Crippen LogP contribution < -0.4 is 20.3 Å². The van der Waals surface area contributed by atoms with Crippen LogP contribution >= 0.6 is 0 Å². The molecule has 1 aromatic carbocycles. The quantitative estimate of drug-likeness (QED) is 0.714. The number of amides is 2. The van der Waals surface area contributed by atoms with Crippen molar-refractivity contribution in [1.29, 1.82) is 0 Å². The highest BCUT2D eigenvalue weighted by Gasteiger charge is 2.30. The summed E-state index contributed by atoms with van der Waals surface area (Å²) in [4.78, 5) is 29.4. The van der Waals surface area contributed by atoms with Crippen LogP contribution in [0.5, 0.6) is 5.75 Å². The van der Waals surface area contributed by atoms with Crippen LogP contribution in [0.2, 0.25) is 0 Å². The third-order valence-electron chi connectivity index (χ3n) is 5.47. The van der Waals surface area contributed by atoms with Gasteiger partial charge in [-0.3, -0.25) is 9.59 Å². The summed E-state index contributed by atoms with van der Waals surface area (Å²) in [6.45, 7) is 5.41. The molecule has 0 unspecified atom stereocenters. The Morgan fingerprint density at radius 3 is 2.73 bits per heavy atom. The Balaban J connectivity index is 1.49. The number of primary amides is 1. The number of nitrogens with zero attached hydrogens (tertiary/aromatic N) is 2. The van der Waals surface area contributed by atoms with Gasteiger partial charge < -0.3 is 25.2 Å². The summed E-state index contributed by atoms with van der Waals surface area (Å²) in [7, 11) is 1.68. The molecular formula is C19H29N4O3+. The van der Waals surface area contributed by atoms with E-state index in [2.05, 4.69) is 11.0 Å². The highest BCUT2D eigenvalue weighted by atomic mass is 16.5. The van der Waals surface area contributed by atoms with Gasteiger partial charge >= 0.3 is 0 Å². The van der Waals surface area contributed by atoms with Crippen molar-refractivity contribution in [3.8, 4) is 5.75 Å². The van der Waals surface area contributed by atoms with Crippen molar-refractivity contribution < 1.29 is 19.2 Å². The second-order valence-corrected chi connectivity index (χ2v) is 7.20. The molecule has 2 heterocycles. The zero-order valence-electron chi connectivity index (χ0n) is 15.4. The van der Waals surface area contributed by atoms with E-state index in [1.165, 1.54) is 4.90 Å². The van der Waals surface area contributed by atoms with Crippen LogP contribution in [-0.4, -0.2) is 69.6 Å². The van der Waals surface area contributed by atoms with Crippen LogP contribution in [0.3, 0.4) is 0 Å². The SMILES string of the molecule is COc1cccc(N2CC[NH+](CC(=O)N3CCC[C@H](C(N)=O)C3)CC2)c1. The highest BCUT2D eigenvalue weighted by molar-refractivity contribution is 5.80.